The fraction of sp³-hybridized carbons (Fsp3) is 0.600. The Morgan fingerprint density at radius 2 is 2.00 bits per heavy atom. The lowest BCUT2D eigenvalue weighted by Crippen LogP contribution is -2.22. The van der Waals surface area contributed by atoms with Crippen LogP contribution in [0, 0.1) is 0 Å². The molecule has 0 saturated carbocycles. The van der Waals surface area contributed by atoms with Gasteiger partial charge in [-0.2, -0.15) is 0 Å². The van der Waals surface area contributed by atoms with Crippen molar-refractivity contribution in [2.75, 3.05) is 25.0 Å². The molecule has 0 unspecified atom stereocenters. The first-order valence-corrected chi connectivity index (χ1v) is 7.27. The molecule has 0 radical (unpaired) electrons. The molecular formula is C15H25ClN2. The van der Waals surface area contributed by atoms with Crippen LogP contribution in [0.4, 0.5) is 5.69 Å². The summed E-state index contributed by atoms with van der Waals surface area (Å²) < 4.78 is 0. The normalized spacial score (nSPS) is 10.7. The van der Waals surface area contributed by atoms with Crippen LogP contribution in [0.5, 0.6) is 0 Å². The highest BCUT2D eigenvalue weighted by Gasteiger charge is 2.07. The first-order valence-electron chi connectivity index (χ1n) is 6.89. The average Bonchev–Trinajstić information content (AvgIpc) is 2.38. The third-order valence-corrected chi connectivity index (χ3v) is 3.28. The van der Waals surface area contributed by atoms with Crippen molar-refractivity contribution in [3.8, 4) is 0 Å². The van der Waals surface area contributed by atoms with Crippen molar-refractivity contribution in [3.05, 3.63) is 28.8 Å². The van der Waals surface area contributed by atoms with Gasteiger partial charge in [0.15, 0.2) is 0 Å². The van der Waals surface area contributed by atoms with Crippen LogP contribution < -0.4 is 10.2 Å². The molecule has 0 aliphatic heterocycles. The molecular weight excluding hydrogens is 244 g/mol. The number of halogens is 1. The summed E-state index contributed by atoms with van der Waals surface area (Å²) in [5, 5.41) is 4.27. The lowest BCUT2D eigenvalue weighted by Gasteiger charge is -2.23. The van der Waals surface area contributed by atoms with Gasteiger partial charge in [-0.25, -0.2) is 0 Å². The third kappa shape index (κ3) is 4.87. The van der Waals surface area contributed by atoms with Gasteiger partial charge in [0, 0.05) is 30.8 Å². The zero-order valence-electron chi connectivity index (χ0n) is 11.8. The molecule has 0 aromatic heterocycles. The van der Waals surface area contributed by atoms with Gasteiger partial charge in [0.1, 0.15) is 0 Å². The summed E-state index contributed by atoms with van der Waals surface area (Å²) in [5.41, 5.74) is 2.58. The predicted molar refractivity (Wildman–Crippen MR) is 81.6 cm³/mol. The van der Waals surface area contributed by atoms with Crippen molar-refractivity contribution >= 4 is 17.3 Å². The van der Waals surface area contributed by atoms with Gasteiger partial charge in [0.2, 0.25) is 0 Å². The van der Waals surface area contributed by atoms with Crippen LogP contribution in [-0.2, 0) is 6.54 Å². The molecule has 0 aliphatic rings. The fourth-order valence-electron chi connectivity index (χ4n) is 1.96. The standard InChI is InChI=1S/C15H25ClN2/c1-4-6-10-18(3)15-11-14(16)8-7-13(15)12-17-9-5-2/h7-8,11,17H,4-6,9-10,12H2,1-3H3. The molecule has 0 spiro atoms. The van der Waals surface area contributed by atoms with E-state index >= 15 is 0 Å². The van der Waals surface area contributed by atoms with Gasteiger partial charge in [-0.1, -0.05) is 37.9 Å². The Labute approximate surface area is 116 Å². The molecule has 3 heteroatoms. The van der Waals surface area contributed by atoms with E-state index in [-0.39, 0.29) is 0 Å². The summed E-state index contributed by atoms with van der Waals surface area (Å²) >= 11 is 6.11. The van der Waals surface area contributed by atoms with Crippen LogP contribution in [0.25, 0.3) is 0 Å². The first kappa shape index (κ1) is 15.3. The predicted octanol–water partition coefficient (Wildman–Crippen LogP) is 4.08. The monoisotopic (exact) mass is 268 g/mol. The van der Waals surface area contributed by atoms with Crippen molar-refractivity contribution in [1.29, 1.82) is 0 Å². The molecule has 0 saturated heterocycles. The van der Waals surface area contributed by atoms with E-state index in [1.54, 1.807) is 0 Å². The molecule has 1 N–H and O–H groups in total. The molecule has 0 amide bonds. The molecule has 2 nitrogen and oxygen atoms in total. The molecule has 0 atom stereocenters. The van der Waals surface area contributed by atoms with Crippen LogP contribution in [0.3, 0.4) is 0 Å². The van der Waals surface area contributed by atoms with Crippen LogP contribution in [0.1, 0.15) is 38.7 Å². The quantitative estimate of drug-likeness (QED) is 0.715. The van der Waals surface area contributed by atoms with E-state index in [1.165, 1.54) is 24.1 Å². The van der Waals surface area contributed by atoms with E-state index in [9.17, 15) is 0 Å². The smallest absolute Gasteiger partial charge is 0.0426 e. The van der Waals surface area contributed by atoms with Gasteiger partial charge < -0.3 is 10.2 Å². The van der Waals surface area contributed by atoms with Crippen molar-refractivity contribution in [2.45, 2.75) is 39.7 Å². The summed E-state index contributed by atoms with van der Waals surface area (Å²) in [7, 11) is 2.14. The number of unbranched alkanes of at least 4 members (excludes halogenated alkanes) is 1. The average molecular weight is 269 g/mol. The second-order valence-electron chi connectivity index (χ2n) is 4.72. The zero-order chi connectivity index (χ0) is 13.4. The van der Waals surface area contributed by atoms with E-state index in [4.69, 9.17) is 11.6 Å². The van der Waals surface area contributed by atoms with Crippen LogP contribution in [-0.4, -0.2) is 20.1 Å². The number of benzene rings is 1. The topological polar surface area (TPSA) is 15.3 Å². The van der Waals surface area contributed by atoms with E-state index in [0.717, 1.165) is 31.1 Å². The summed E-state index contributed by atoms with van der Waals surface area (Å²) in [6.07, 6.45) is 3.59. The van der Waals surface area contributed by atoms with Gasteiger partial charge >= 0.3 is 0 Å². The van der Waals surface area contributed by atoms with Gasteiger partial charge in [0.25, 0.3) is 0 Å². The Balaban J connectivity index is 2.75. The largest absolute Gasteiger partial charge is 0.374 e. The van der Waals surface area contributed by atoms with Crippen molar-refractivity contribution in [3.63, 3.8) is 0 Å². The number of nitrogens with zero attached hydrogens (tertiary/aromatic N) is 1. The number of hydrogen-bond donors (Lipinski definition) is 1. The van der Waals surface area contributed by atoms with Crippen LogP contribution in [0.15, 0.2) is 18.2 Å². The molecule has 0 bridgehead atoms. The van der Waals surface area contributed by atoms with E-state index in [1.807, 2.05) is 6.07 Å². The highest BCUT2D eigenvalue weighted by Crippen LogP contribution is 2.24. The maximum absolute atomic E-state index is 6.11. The van der Waals surface area contributed by atoms with E-state index in [0.29, 0.717) is 0 Å². The van der Waals surface area contributed by atoms with Gasteiger partial charge in [-0.3, -0.25) is 0 Å². The maximum Gasteiger partial charge on any atom is 0.0426 e. The minimum atomic E-state index is 0.813. The molecule has 18 heavy (non-hydrogen) atoms. The lowest BCUT2D eigenvalue weighted by molar-refractivity contribution is 0.672. The Bertz CT molecular complexity index is 352. The number of rotatable bonds is 8. The summed E-state index contributed by atoms with van der Waals surface area (Å²) in [5.74, 6) is 0. The Hall–Kier alpha value is -0.730. The summed E-state index contributed by atoms with van der Waals surface area (Å²) in [6, 6.07) is 6.17. The second kappa shape index (κ2) is 8.39. The number of anilines is 1. The van der Waals surface area contributed by atoms with Crippen molar-refractivity contribution in [1.82, 2.24) is 5.32 Å². The molecule has 1 aromatic rings. The number of nitrogens with one attached hydrogen (secondary N) is 1. The molecule has 1 rings (SSSR count). The van der Waals surface area contributed by atoms with Gasteiger partial charge in [-0.15, -0.1) is 0 Å². The number of hydrogen-bond acceptors (Lipinski definition) is 2. The van der Waals surface area contributed by atoms with Crippen molar-refractivity contribution in [2.24, 2.45) is 0 Å². The Morgan fingerprint density at radius 3 is 2.67 bits per heavy atom. The van der Waals surface area contributed by atoms with E-state index < -0.39 is 0 Å². The van der Waals surface area contributed by atoms with Crippen LogP contribution in [0.2, 0.25) is 5.02 Å². The lowest BCUT2D eigenvalue weighted by atomic mass is 10.1. The highest BCUT2D eigenvalue weighted by atomic mass is 35.5. The first-order chi connectivity index (χ1) is 8.69. The Kier molecular flexibility index (Phi) is 7.14. The molecule has 0 aliphatic carbocycles. The summed E-state index contributed by atoms with van der Waals surface area (Å²) in [4.78, 5) is 2.30. The van der Waals surface area contributed by atoms with E-state index in [2.05, 4.69) is 43.2 Å². The minimum Gasteiger partial charge on any atom is -0.374 e. The van der Waals surface area contributed by atoms with Gasteiger partial charge in [0.05, 0.1) is 0 Å². The Morgan fingerprint density at radius 1 is 1.22 bits per heavy atom. The zero-order valence-corrected chi connectivity index (χ0v) is 12.6. The van der Waals surface area contributed by atoms with Crippen molar-refractivity contribution < 1.29 is 0 Å². The molecule has 0 heterocycles. The minimum absolute atomic E-state index is 0.813. The maximum atomic E-state index is 6.11. The third-order valence-electron chi connectivity index (χ3n) is 3.05. The highest BCUT2D eigenvalue weighted by molar-refractivity contribution is 6.30. The second-order valence-corrected chi connectivity index (χ2v) is 5.16. The van der Waals surface area contributed by atoms with Gasteiger partial charge in [-0.05, 0) is 37.1 Å². The molecule has 0 fully saturated rings. The molecule has 1 aromatic carbocycles. The SMILES string of the molecule is CCCCN(C)c1cc(Cl)ccc1CNCCC. The summed E-state index contributed by atoms with van der Waals surface area (Å²) in [6.45, 7) is 7.45. The molecule has 102 valence electrons. The fourth-order valence-corrected chi connectivity index (χ4v) is 2.12. The van der Waals surface area contributed by atoms with Crippen LogP contribution >= 0.6 is 11.6 Å².